The van der Waals surface area contributed by atoms with Crippen LogP contribution in [-0.4, -0.2) is 20.2 Å². The third-order valence-corrected chi connectivity index (χ3v) is 4.08. The minimum absolute atomic E-state index is 0.0592. The van der Waals surface area contributed by atoms with Crippen molar-refractivity contribution in [2.75, 3.05) is 0 Å². The maximum atomic E-state index is 12.7. The lowest BCUT2D eigenvalue weighted by molar-refractivity contribution is -0.141. The van der Waals surface area contributed by atoms with Crippen molar-refractivity contribution in [2.45, 2.75) is 12.5 Å². The number of nitrogens with zero attached hydrogens (tertiary/aromatic N) is 2. The lowest BCUT2D eigenvalue weighted by atomic mass is 10.1. The second kappa shape index (κ2) is 6.16. The fourth-order valence-electron chi connectivity index (χ4n) is 2.83. The van der Waals surface area contributed by atoms with E-state index in [1.54, 1.807) is 48.5 Å². The van der Waals surface area contributed by atoms with Crippen molar-refractivity contribution in [2.24, 2.45) is 7.05 Å². The Morgan fingerprint density at radius 3 is 2.33 bits per heavy atom. The highest BCUT2D eigenvalue weighted by Gasteiger charge is 2.25. The summed E-state index contributed by atoms with van der Waals surface area (Å²) in [5.41, 5.74) is -0.00123. The Kier molecular flexibility index (Phi) is 4.04. The Morgan fingerprint density at radius 2 is 1.67 bits per heavy atom. The maximum absolute atomic E-state index is 12.7. The summed E-state index contributed by atoms with van der Waals surface area (Å²) in [4.78, 5) is 37.1. The van der Waals surface area contributed by atoms with Crippen molar-refractivity contribution < 1.29 is 9.90 Å². The average molecular weight is 324 g/mol. The molecule has 3 rings (SSSR count). The monoisotopic (exact) mass is 324 g/mol. The third kappa shape index (κ3) is 2.62. The second-order valence-corrected chi connectivity index (χ2v) is 5.58. The summed E-state index contributed by atoms with van der Waals surface area (Å²) in [5.74, 6) is -1.21. The predicted octanol–water partition coefficient (Wildman–Crippen LogP) is 1.57. The van der Waals surface area contributed by atoms with Gasteiger partial charge >= 0.3 is 11.7 Å². The van der Waals surface area contributed by atoms with Crippen LogP contribution in [0.4, 0.5) is 0 Å². The van der Waals surface area contributed by atoms with Gasteiger partial charge in [0, 0.05) is 13.5 Å². The number of aromatic nitrogens is 2. The SMILES string of the molecule is Cn1c(=O)n([C@@H](Cc2ccccc2)C(=O)O)c(=O)c2ccccc21. The van der Waals surface area contributed by atoms with E-state index >= 15 is 0 Å². The second-order valence-electron chi connectivity index (χ2n) is 5.58. The van der Waals surface area contributed by atoms with Crippen molar-refractivity contribution in [3.8, 4) is 0 Å². The van der Waals surface area contributed by atoms with E-state index in [1.165, 1.54) is 11.6 Å². The molecule has 0 saturated carbocycles. The Hall–Kier alpha value is -3.15. The van der Waals surface area contributed by atoms with Crippen molar-refractivity contribution >= 4 is 16.9 Å². The van der Waals surface area contributed by atoms with E-state index < -0.39 is 23.3 Å². The summed E-state index contributed by atoms with van der Waals surface area (Å²) in [7, 11) is 1.53. The number of hydrogen-bond donors (Lipinski definition) is 1. The normalized spacial score (nSPS) is 12.2. The zero-order valence-electron chi connectivity index (χ0n) is 13.0. The molecule has 0 aliphatic carbocycles. The fourth-order valence-corrected chi connectivity index (χ4v) is 2.83. The van der Waals surface area contributed by atoms with Crippen LogP contribution in [0.5, 0.6) is 0 Å². The van der Waals surface area contributed by atoms with Crippen molar-refractivity contribution in [3.05, 3.63) is 81.0 Å². The molecule has 0 radical (unpaired) electrons. The Labute approximate surface area is 137 Å². The molecule has 122 valence electrons. The van der Waals surface area contributed by atoms with E-state index in [4.69, 9.17) is 0 Å². The molecular formula is C18H16N2O4. The molecule has 6 nitrogen and oxygen atoms in total. The van der Waals surface area contributed by atoms with Crippen molar-refractivity contribution in [1.29, 1.82) is 0 Å². The third-order valence-electron chi connectivity index (χ3n) is 4.08. The number of hydrogen-bond acceptors (Lipinski definition) is 3. The summed E-state index contributed by atoms with van der Waals surface area (Å²) < 4.78 is 2.13. The summed E-state index contributed by atoms with van der Waals surface area (Å²) >= 11 is 0. The summed E-state index contributed by atoms with van der Waals surface area (Å²) in [6.45, 7) is 0. The van der Waals surface area contributed by atoms with Gasteiger partial charge in [-0.25, -0.2) is 14.2 Å². The summed E-state index contributed by atoms with van der Waals surface area (Å²) in [6, 6.07) is 14.3. The number of aliphatic carboxylic acids is 1. The largest absolute Gasteiger partial charge is 0.480 e. The number of carbonyl (C=O) groups is 1. The van der Waals surface area contributed by atoms with E-state index in [1.807, 2.05) is 6.07 Å². The first-order chi connectivity index (χ1) is 11.5. The van der Waals surface area contributed by atoms with E-state index in [9.17, 15) is 19.5 Å². The predicted molar refractivity (Wildman–Crippen MR) is 90.3 cm³/mol. The zero-order valence-corrected chi connectivity index (χ0v) is 13.0. The van der Waals surface area contributed by atoms with Gasteiger partial charge in [-0.3, -0.25) is 9.36 Å². The van der Waals surface area contributed by atoms with Crippen LogP contribution in [0.2, 0.25) is 0 Å². The molecule has 2 aromatic carbocycles. The summed E-state index contributed by atoms with van der Waals surface area (Å²) in [6.07, 6.45) is 0.0592. The lowest BCUT2D eigenvalue weighted by Gasteiger charge is -2.17. The standard InChI is InChI=1S/C18H16N2O4/c1-19-14-10-6-5-9-13(14)16(21)20(18(19)24)15(17(22)23)11-12-7-3-2-4-8-12/h2-10,15H,11H2,1H3,(H,22,23)/t15-/m0/s1. The maximum Gasteiger partial charge on any atom is 0.332 e. The van der Waals surface area contributed by atoms with Gasteiger partial charge in [-0.2, -0.15) is 0 Å². The van der Waals surface area contributed by atoms with E-state index in [-0.39, 0.29) is 6.42 Å². The Morgan fingerprint density at radius 1 is 1.04 bits per heavy atom. The molecule has 24 heavy (non-hydrogen) atoms. The highest BCUT2D eigenvalue weighted by molar-refractivity contribution is 5.79. The smallest absolute Gasteiger partial charge is 0.332 e. The first kappa shape index (κ1) is 15.7. The molecule has 6 heteroatoms. The van der Waals surface area contributed by atoms with Gasteiger partial charge in [-0.1, -0.05) is 42.5 Å². The molecule has 1 heterocycles. The number of aryl methyl sites for hydroxylation is 1. The number of rotatable bonds is 4. The first-order valence-electron chi connectivity index (χ1n) is 7.47. The van der Waals surface area contributed by atoms with Gasteiger partial charge in [0.15, 0.2) is 0 Å². The number of para-hydroxylation sites is 1. The molecule has 0 bridgehead atoms. The van der Waals surface area contributed by atoms with E-state index in [0.717, 1.165) is 10.1 Å². The van der Waals surface area contributed by atoms with Gasteiger partial charge in [0.2, 0.25) is 0 Å². The molecule has 3 aromatic rings. The zero-order chi connectivity index (χ0) is 17.3. The lowest BCUT2D eigenvalue weighted by Crippen LogP contribution is -2.44. The van der Waals surface area contributed by atoms with Gasteiger partial charge < -0.3 is 5.11 Å². The Balaban J connectivity index is 2.24. The molecule has 0 aliphatic heterocycles. The fraction of sp³-hybridized carbons (Fsp3) is 0.167. The molecule has 0 fully saturated rings. The minimum Gasteiger partial charge on any atom is -0.480 e. The average Bonchev–Trinajstić information content (AvgIpc) is 2.60. The van der Waals surface area contributed by atoms with Crippen LogP contribution in [0.25, 0.3) is 10.9 Å². The van der Waals surface area contributed by atoms with Gasteiger partial charge in [0.25, 0.3) is 5.56 Å². The van der Waals surface area contributed by atoms with Crippen molar-refractivity contribution in [1.82, 2.24) is 9.13 Å². The van der Waals surface area contributed by atoms with Gasteiger partial charge in [-0.15, -0.1) is 0 Å². The first-order valence-corrected chi connectivity index (χ1v) is 7.47. The number of carboxylic acids is 1. The Bertz CT molecular complexity index is 1020. The van der Waals surface area contributed by atoms with Crippen LogP contribution in [0, 0.1) is 0 Å². The minimum atomic E-state index is -1.26. The van der Waals surface area contributed by atoms with Crippen LogP contribution >= 0.6 is 0 Å². The number of carboxylic acid groups (broad SMARTS) is 1. The molecule has 0 aliphatic rings. The highest BCUT2D eigenvalue weighted by atomic mass is 16.4. The molecule has 0 unspecified atom stereocenters. The molecule has 1 aromatic heterocycles. The number of fused-ring (bicyclic) bond motifs is 1. The van der Waals surface area contributed by atoms with Crippen LogP contribution in [0.15, 0.2) is 64.2 Å². The molecule has 0 amide bonds. The van der Waals surface area contributed by atoms with Crippen LogP contribution < -0.4 is 11.2 Å². The highest BCUT2D eigenvalue weighted by Crippen LogP contribution is 2.14. The molecule has 1 atom stereocenters. The summed E-state index contributed by atoms with van der Waals surface area (Å²) in [5, 5.41) is 9.91. The molecule has 1 N–H and O–H groups in total. The molecule has 0 saturated heterocycles. The van der Waals surface area contributed by atoms with Gasteiger partial charge in [-0.05, 0) is 17.7 Å². The van der Waals surface area contributed by atoms with Crippen molar-refractivity contribution in [3.63, 3.8) is 0 Å². The van der Waals surface area contributed by atoms with Crippen LogP contribution in [0.3, 0.4) is 0 Å². The van der Waals surface area contributed by atoms with Crippen LogP contribution in [-0.2, 0) is 18.3 Å². The van der Waals surface area contributed by atoms with E-state index in [2.05, 4.69) is 0 Å². The van der Waals surface area contributed by atoms with Crippen LogP contribution in [0.1, 0.15) is 11.6 Å². The molecule has 0 spiro atoms. The topological polar surface area (TPSA) is 81.3 Å². The van der Waals surface area contributed by atoms with E-state index in [0.29, 0.717) is 10.9 Å². The molecular weight excluding hydrogens is 308 g/mol. The quantitative estimate of drug-likeness (QED) is 0.790. The van der Waals surface area contributed by atoms with Gasteiger partial charge in [0.05, 0.1) is 10.9 Å². The van der Waals surface area contributed by atoms with Gasteiger partial charge in [0.1, 0.15) is 6.04 Å². The number of benzene rings is 2.